The van der Waals surface area contributed by atoms with E-state index < -0.39 is 120 Å². The Bertz CT molecular complexity index is 399. The zero-order chi connectivity index (χ0) is 21.5. The van der Waals surface area contributed by atoms with Gasteiger partial charge in [0.05, 0.1) is 0 Å². The molecule has 0 bridgehead atoms. The van der Waals surface area contributed by atoms with Crippen molar-refractivity contribution in [2.24, 2.45) is 0 Å². The fourth-order valence-electron chi connectivity index (χ4n) is 0. The second kappa shape index (κ2) is 71.0. The van der Waals surface area contributed by atoms with Crippen LogP contribution in [-0.2, 0) is 145 Å². The van der Waals surface area contributed by atoms with Crippen LogP contribution in [0.25, 0.3) is 0 Å². The molecular formula is MgNb2O18Pb5Ti2Zr2+2. The molecule has 0 rings (SSSR count). The minimum Gasteiger partial charge on any atom is 2.00 e. The van der Waals surface area contributed by atoms with Crippen molar-refractivity contribution in [2.45, 2.75) is 0 Å². The van der Waals surface area contributed by atoms with Crippen LogP contribution >= 0.6 is 0 Å². The molecule has 10 radical (unpaired) electrons. The van der Waals surface area contributed by atoms with Crippen LogP contribution in [0.2, 0.25) is 0 Å². The third-order valence-electron chi connectivity index (χ3n) is 0. The predicted octanol–water partition coefficient (Wildman–Crippen LogP) is -15.1. The van der Waals surface area contributed by atoms with Gasteiger partial charge in [-0.2, -0.15) is 0 Å². The molecule has 0 unspecified atom stereocenters. The first kappa shape index (κ1) is 77.0. The van der Waals surface area contributed by atoms with Crippen molar-refractivity contribution >= 4 is 160 Å². The van der Waals surface area contributed by atoms with Crippen LogP contribution in [0, 0.1) is 0 Å². The summed E-state index contributed by atoms with van der Waals surface area (Å²) >= 11 is -25.2. The molecule has 0 heterocycles. The second-order valence-electron chi connectivity index (χ2n) is 1.45. The van der Waals surface area contributed by atoms with Gasteiger partial charge in [-0.15, -0.1) is 0 Å². The van der Waals surface area contributed by atoms with E-state index in [9.17, 15) is 0 Å². The van der Waals surface area contributed by atoms with Gasteiger partial charge in [0.25, 0.3) is 0 Å². The number of rotatable bonds is 0. The zero-order valence-electron chi connectivity index (χ0n) is 13.5. The summed E-state index contributed by atoms with van der Waals surface area (Å²) in [7, 11) is 0. The molecule has 154 valence electrons. The Morgan fingerprint density at radius 3 is 0.533 bits per heavy atom. The minimum atomic E-state index is -4.29. The van der Waals surface area contributed by atoms with Crippen molar-refractivity contribution in [3.63, 3.8) is 0 Å². The van der Waals surface area contributed by atoms with Gasteiger partial charge < -0.3 is 0 Å². The topological polar surface area (TPSA) is 367 Å². The smallest absolute Gasteiger partial charge is 2.00 e. The molecule has 0 aliphatic rings. The first-order chi connectivity index (χ1) is 10.4. The molecule has 0 aromatic rings. The molecule has 0 fully saturated rings. The molecule has 0 amide bonds. The third-order valence-corrected chi connectivity index (χ3v) is 0. The van der Waals surface area contributed by atoms with Gasteiger partial charge in [0, 0.05) is 0 Å². The Labute approximate surface area is 330 Å². The monoisotopic (exact) mass is 1810 g/mol. The molecule has 0 atom stereocenters. The van der Waals surface area contributed by atoms with Crippen LogP contribution in [0.5, 0.6) is 0 Å². The van der Waals surface area contributed by atoms with Crippen LogP contribution in [0.3, 0.4) is 0 Å². The van der Waals surface area contributed by atoms with Crippen LogP contribution in [0.1, 0.15) is 0 Å². The normalized spacial score (nSPS) is 5.13. The van der Waals surface area contributed by atoms with Crippen LogP contribution < -0.4 is 34.7 Å². The molecule has 0 saturated heterocycles. The SMILES string of the molecule is [Mg+2].[O]=[Nb](=[O])[O-].[O]=[Nb](=[O])[O-].[O]=[Ti]([O-])[O-].[O]=[Ti]([O-])[O-].[O]=[Zr]([O-])[O-].[O]=[Zr]([O-])[O-].[Pb+2].[Pb+2].[Pb+2].[Pb+2].[Pb+2]. The van der Waals surface area contributed by atoms with Gasteiger partial charge in [-0.05, 0) is 0 Å². The molecule has 0 N–H and O–H groups in total. The predicted molar refractivity (Wildman–Crippen MR) is 40.0 cm³/mol. The van der Waals surface area contributed by atoms with Gasteiger partial charge in [-0.3, -0.25) is 0 Å². The Morgan fingerprint density at radius 1 is 0.533 bits per heavy atom. The van der Waals surface area contributed by atoms with Crippen molar-refractivity contribution in [1.29, 1.82) is 0 Å². The van der Waals surface area contributed by atoms with Gasteiger partial charge >= 0.3 is 340 Å². The molecule has 0 aliphatic carbocycles. The fraction of sp³-hybridized carbons (Fsp3) is 0. The van der Waals surface area contributed by atoms with E-state index in [2.05, 4.69) is 0 Å². The Hall–Kier alpha value is 8.05. The summed E-state index contributed by atoms with van der Waals surface area (Å²) < 4.78 is 155. The molecule has 0 saturated carbocycles. The number of hydrogen-bond donors (Lipinski definition) is 0. The molecule has 0 aliphatic heterocycles. The first-order valence-corrected chi connectivity index (χ1v) is 18.8. The zero-order valence-corrected chi connectivity index (χ0v) is 46.7. The maximum atomic E-state index is 8.61. The van der Waals surface area contributed by atoms with Crippen LogP contribution in [0.15, 0.2) is 0 Å². The van der Waals surface area contributed by atoms with Crippen LogP contribution in [0.4, 0.5) is 0 Å². The second-order valence-corrected chi connectivity index (χ2v) is 7.67. The molecule has 18 nitrogen and oxygen atoms in total. The minimum absolute atomic E-state index is 0. The van der Waals surface area contributed by atoms with Gasteiger partial charge in [-0.25, -0.2) is 0 Å². The van der Waals surface area contributed by atoms with Gasteiger partial charge in [0.15, 0.2) is 0 Å². The Balaban J connectivity index is -0.0000000125. The average Bonchev–Trinajstić information content (AvgIpc) is 2.08. The van der Waals surface area contributed by atoms with E-state index >= 15 is 0 Å². The standard InChI is InChI=1S/Mg.2Nb.18O.5Pb.2Ti.2Zr/q+2;;;;;;;;;;;10*-1;5*+2;;;;. The van der Waals surface area contributed by atoms with Gasteiger partial charge in [-0.1, -0.05) is 0 Å². The van der Waals surface area contributed by atoms with E-state index in [0.717, 1.165) is 0 Å². The number of hydrogen-bond acceptors (Lipinski definition) is 18. The molecule has 30 heteroatoms. The van der Waals surface area contributed by atoms with Crippen LogP contribution in [-0.4, -0.2) is 160 Å². The summed E-state index contributed by atoms with van der Waals surface area (Å²) in [5.41, 5.74) is 0. The summed E-state index contributed by atoms with van der Waals surface area (Å²) in [6.45, 7) is 0. The largest absolute Gasteiger partial charge is 2.00 e. The van der Waals surface area contributed by atoms with Gasteiger partial charge in [0.1, 0.15) is 0 Å². The Morgan fingerprint density at radius 2 is 0.533 bits per heavy atom. The van der Waals surface area contributed by atoms with Crippen molar-refractivity contribution in [3.05, 3.63) is 0 Å². The van der Waals surface area contributed by atoms with E-state index in [1.807, 2.05) is 0 Å². The Kier molecular flexibility index (Phi) is 182. The van der Waals surface area contributed by atoms with Crippen molar-refractivity contribution < 1.29 is 180 Å². The van der Waals surface area contributed by atoms with E-state index in [1.165, 1.54) is 0 Å². The van der Waals surface area contributed by atoms with Crippen molar-refractivity contribution in [2.75, 3.05) is 0 Å². The summed E-state index contributed by atoms with van der Waals surface area (Å²) in [6.07, 6.45) is 0. The summed E-state index contributed by atoms with van der Waals surface area (Å²) in [6, 6.07) is 0. The van der Waals surface area contributed by atoms with E-state index in [-0.39, 0.29) is 160 Å². The molecule has 30 heavy (non-hydrogen) atoms. The van der Waals surface area contributed by atoms with Crippen molar-refractivity contribution in [3.8, 4) is 0 Å². The van der Waals surface area contributed by atoms with E-state index in [0.29, 0.717) is 0 Å². The fourth-order valence-corrected chi connectivity index (χ4v) is 0. The van der Waals surface area contributed by atoms with Crippen molar-refractivity contribution in [1.82, 2.24) is 0 Å². The quantitative estimate of drug-likeness (QED) is 0.203. The maximum Gasteiger partial charge on any atom is 2.00 e. The van der Waals surface area contributed by atoms with Gasteiger partial charge in [0.2, 0.25) is 0 Å². The average molecular weight is 1810 g/mol. The molecule has 0 aromatic heterocycles. The first-order valence-electron chi connectivity index (χ1n) is 3.54. The molecular weight excluding hydrogens is 1810 g/mol. The van der Waals surface area contributed by atoms with E-state index in [4.69, 9.17) is 60.0 Å². The van der Waals surface area contributed by atoms with E-state index in [1.54, 1.807) is 0 Å². The summed E-state index contributed by atoms with van der Waals surface area (Å²) in [5.74, 6) is 0. The molecule has 0 spiro atoms. The summed E-state index contributed by atoms with van der Waals surface area (Å²) in [5, 5.41) is 0. The maximum absolute atomic E-state index is 8.61. The summed E-state index contributed by atoms with van der Waals surface area (Å²) in [4.78, 5) is 0. The third kappa shape index (κ3) is 683. The molecule has 0 aromatic carbocycles.